The number of aromatic nitrogens is 2. The van der Waals surface area contributed by atoms with Gasteiger partial charge in [0.15, 0.2) is 0 Å². The highest BCUT2D eigenvalue weighted by Gasteiger charge is 2.17. The van der Waals surface area contributed by atoms with Crippen LogP contribution in [-0.2, 0) is 16.6 Å². The normalized spacial score (nSPS) is 11.6. The molecule has 108 valence electrons. The fourth-order valence-corrected chi connectivity index (χ4v) is 2.89. The van der Waals surface area contributed by atoms with Gasteiger partial charge in [-0.15, -0.1) is 0 Å². The van der Waals surface area contributed by atoms with Crippen molar-refractivity contribution in [2.45, 2.75) is 11.4 Å². The average molecular weight is 363 g/mol. The lowest BCUT2D eigenvalue weighted by Gasteiger charge is -2.06. The molecule has 9 heteroatoms. The smallest absolute Gasteiger partial charge is 0.265 e. The van der Waals surface area contributed by atoms with Crippen LogP contribution in [0.5, 0.6) is 0 Å². The third kappa shape index (κ3) is 3.35. The minimum Gasteiger partial charge on any atom is -0.329 e. The fourth-order valence-electron chi connectivity index (χ4n) is 1.51. The van der Waals surface area contributed by atoms with Gasteiger partial charge in [0, 0.05) is 12.7 Å². The molecule has 0 saturated heterocycles. The highest BCUT2D eigenvalue weighted by molar-refractivity contribution is 9.10. The second kappa shape index (κ2) is 5.90. The minimum atomic E-state index is -3.76. The zero-order chi connectivity index (χ0) is 14.8. The number of sulfonamides is 1. The summed E-state index contributed by atoms with van der Waals surface area (Å²) in [4.78, 5) is 0.0198. The number of nitrogens with zero attached hydrogens (tertiary/aromatic N) is 2. The number of benzene rings is 1. The summed E-state index contributed by atoms with van der Waals surface area (Å²) in [5.74, 6) is -0.469. The van der Waals surface area contributed by atoms with Gasteiger partial charge in [0.2, 0.25) is 0 Å². The fraction of sp³-hybridized carbons (Fsp3) is 0.182. The summed E-state index contributed by atoms with van der Waals surface area (Å²) in [5.41, 5.74) is 5.62. The standard InChI is InChI=1S/C11H12BrFN4O2S/c12-10-5-8(1-2-11(10)13)16-20(18,19)9-6-15-17(7-9)4-3-14/h1-2,5-7,16H,3-4,14H2. The van der Waals surface area contributed by atoms with E-state index in [-0.39, 0.29) is 15.1 Å². The molecule has 6 nitrogen and oxygen atoms in total. The Bertz CT molecular complexity index is 717. The van der Waals surface area contributed by atoms with Gasteiger partial charge >= 0.3 is 0 Å². The topological polar surface area (TPSA) is 90.0 Å². The van der Waals surface area contributed by atoms with Gasteiger partial charge in [-0.1, -0.05) is 0 Å². The average Bonchev–Trinajstić information content (AvgIpc) is 2.83. The molecule has 0 aliphatic heterocycles. The Morgan fingerprint density at radius 3 is 2.85 bits per heavy atom. The number of hydrogen-bond donors (Lipinski definition) is 2. The number of halogens is 2. The molecule has 0 aliphatic rings. The van der Waals surface area contributed by atoms with Gasteiger partial charge in [0.1, 0.15) is 10.7 Å². The first-order valence-corrected chi connectivity index (χ1v) is 7.90. The summed E-state index contributed by atoms with van der Waals surface area (Å²) in [6.07, 6.45) is 2.62. The third-order valence-electron chi connectivity index (χ3n) is 2.45. The monoisotopic (exact) mass is 362 g/mol. The van der Waals surface area contributed by atoms with Gasteiger partial charge in [-0.2, -0.15) is 5.10 Å². The molecule has 1 heterocycles. The van der Waals surface area contributed by atoms with Gasteiger partial charge < -0.3 is 5.73 Å². The number of nitrogens with two attached hydrogens (primary N) is 1. The van der Waals surface area contributed by atoms with Crippen LogP contribution in [0.2, 0.25) is 0 Å². The van der Waals surface area contributed by atoms with Crippen LogP contribution in [0.4, 0.5) is 10.1 Å². The minimum absolute atomic E-state index is 0.0198. The lowest BCUT2D eigenvalue weighted by Crippen LogP contribution is -2.13. The van der Waals surface area contributed by atoms with Crippen LogP contribution < -0.4 is 10.5 Å². The summed E-state index contributed by atoms with van der Waals surface area (Å²) in [5, 5.41) is 3.89. The van der Waals surface area contributed by atoms with E-state index < -0.39 is 15.8 Å². The first kappa shape index (κ1) is 14.9. The summed E-state index contributed by atoms with van der Waals surface area (Å²) in [6.45, 7) is 0.789. The second-order valence-electron chi connectivity index (χ2n) is 3.96. The first-order valence-electron chi connectivity index (χ1n) is 5.63. The third-order valence-corrected chi connectivity index (χ3v) is 4.39. The van der Waals surface area contributed by atoms with Crippen LogP contribution in [0, 0.1) is 5.82 Å². The summed E-state index contributed by atoms with van der Waals surface area (Å²) in [6, 6.07) is 3.85. The molecule has 2 aromatic rings. The van der Waals surface area contributed by atoms with E-state index in [1.807, 2.05) is 0 Å². The molecule has 2 rings (SSSR count). The zero-order valence-corrected chi connectivity index (χ0v) is 12.7. The van der Waals surface area contributed by atoms with E-state index in [1.165, 1.54) is 35.3 Å². The van der Waals surface area contributed by atoms with E-state index in [0.717, 1.165) is 0 Å². The molecular weight excluding hydrogens is 351 g/mol. The van der Waals surface area contributed by atoms with E-state index >= 15 is 0 Å². The Hall–Kier alpha value is -1.45. The Labute approximate surface area is 124 Å². The van der Waals surface area contributed by atoms with Crippen molar-refractivity contribution < 1.29 is 12.8 Å². The molecule has 0 fully saturated rings. The van der Waals surface area contributed by atoms with E-state index in [9.17, 15) is 12.8 Å². The highest BCUT2D eigenvalue weighted by atomic mass is 79.9. The molecule has 0 unspecified atom stereocenters. The van der Waals surface area contributed by atoms with Crippen LogP contribution in [0.1, 0.15) is 0 Å². The predicted octanol–water partition coefficient (Wildman–Crippen LogP) is 1.54. The molecule has 0 amide bonds. The molecule has 0 spiro atoms. The lowest BCUT2D eigenvalue weighted by atomic mass is 10.3. The van der Waals surface area contributed by atoms with Crippen LogP contribution in [0.15, 0.2) is 40.0 Å². The van der Waals surface area contributed by atoms with E-state index in [4.69, 9.17) is 5.73 Å². The molecule has 0 saturated carbocycles. The summed E-state index contributed by atoms with van der Waals surface area (Å²) < 4.78 is 41.3. The molecule has 1 aromatic heterocycles. The second-order valence-corrected chi connectivity index (χ2v) is 6.50. The van der Waals surface area contributed by atoms with Crippen molar-refractivity contribution in [3.63, 3.8) is 0 Å². The Morgan fingerprint density at radius 1 is 1.45 bits per heavy atom. The molecule has 0 atom stereocenters. The van der Waals surface area contributed by atoms with Gasteiger partial charge in [0.05, 0.1) is 22.9 Å². The van der Waals surface area contributed by atoms with Crippen molar-refractivity contribution in [2.24, 2.45) is 5.73 Å². The van der Waals surface area contributed by atoms with E-state index in [1.54, 1.807) is 0 Å². The van der Waals surface area contributed by atoms with Crippen molar-refractivity contribution in [3.05, 3.63) is 40.9 Å². The molecule has 0 aliphatic carbocycles. The van der Waals surface area contributed by atoms with Gasteiger partial charge in [-0.3, -0.25) is 9.40 Å². The molecule has 0 bridgehead atoms. The molecule has 1 aromatic carbocycles. The van der Waals surface area contributed by atoms with E-state index in [2.05, 4.69) is 25.8 Å². The van der Waals surface area contributed by atoms with Crippen LogP contribution >= 0.6 is 15.9 Å². The summed E-state index contributed by atoms with van der Waals surface area (Å²) in [7, 11) is -3.76. The number of rotatable bonds is 5. The van der Waals surface area contributed by atoms with Gasteiger partial charge in [0.25, 0.3) is 10.0 Å². The quantitative estimate of drug-likeness (QED) is 0.843. The van der Waals surface area contributed by atoms with Crippen LogP contribution in [0.25, 0.3) is 0 Å². The number of anilines is 1. The van der Waals surface area contributed by atoms with Crippen molar-refractivity contribution >= 4 is 31.6 Å². The maximum atomic E-state index is 13.1. The van der Waals surface area contributed by atoms with Crippen molar-refractivity contribution in [1.82, 2.24) is 9.78 Å². The summed E-state index contributed by atoms with van der Waals surface area (Å²) >= 11 is 2.99. The van der Waals surface area contributed by atoms with Crippen molar-refractivity contribution in [1.29, 1.82) is 0 Å². The molecule has 3 N–H and O–H groups in total. The highest BCUT2D eigenvalue weighted by Crippen LogP contribution is 2.22. The largest absolute Gasteiger partial charge is 0.329 e. The first-order chi connectivity index (χ1) is 9.42. The maximum absolute atomic E-state index is 13.1. The maximum Gasteiger partial charge on any atom is 0.265 e. The van der Waals surface area contributed by atoms with Gasteiger partial charge in [-0.05, 0) is 34.1 Å². The zero-order valence-electron chi connectivity index (χ0n) is 10.3. The molecule has 20 heavy (non-hydrogen) atoms. The SMILES string of the molecule is NCCn1cc(S(=O)(=O)Nc2ccc(F)c(Br)c2)cn1. The van der Waals surface area contributed by atoms with Crippen LogP contribution in [0.3, 0.4) is 0 Å². The number of hydrogen-bond acceptors (Lipinski definition) is 4. The van der Waals surface area contributed by atoms with Crippen LogP contribution in [-0.4, -0.2) is 24.7 Å². The van der Waals surface area contributed by atoms with Crippen molar-refractivity contribution in [3.8, 4) is 0 Å². The van der Waals surface area contributed by atoms with E-state index in [0.29, 0.717) is 13.1 Å². The Balaban J connectivity index is 2.23. The Morgan fingerprint density at radius 2 is 2.20 bits per heavy atom. The number of nitrogens with one attached hydrogen (secondary N) is 1. The van der Waals surface area contributed by atoms with Crippen molar-refractivity contribution in [2.75, 3.05) is 11.3 Å². The lowest BCUT2D eigenvalue weighted by molar-refractivity contribution is 0.599. The molecular formula is C11H12BrFN4O2S. The van der Waals surface area contributed by atoms with Gasteiger partial charge in [-0.25, -0.2) is 12.8 Å². The molecule has 0 radical (unpaired) electrons. The predicted molar refractivity (Wildman–Crippen MR) is 76.2 cm³/mol. The Kier molecular flexibility index (Phi) is 4.41.